The summed E-state index contributed by atoms with van der Waals surface area (Å²) in [5, 5.41) is 9.85. The van der Waals surface area contributed by atoms with Crippen LogP contribution in [0.3, 0.4) is 0 Å². The number of aromatic hydroxyl groups is 1. The Balaban J connectivity index is 1.74. The fourth-order valence-electron chi connectivity index (χ4n) is 3.52. The summed E-state index contributed by atoms with van der Waals surface area (Å²) in [6.07, 6.45) is 0.225. The minimum atomic E-state index is 0.113. The Morgan fingerprint density at radius 2 is 1.63 bits per heavy atom. The van der Waals surface area contributed by atoms with Crippen LogP contribution in [0.1, 0.15) is 13.8 Å². The van der Waals surface area contributed by atoms with Gasteiger partial charge in [-0.1, -0.05) is 12.1 Å². The van der Waals surface area contributed by atoms with E-state index in [0.29, 0.717) is 30.9 Å². The van der Waals surface area contributed by atoms with Crippen molar-refractivity contribution in [3.05, 3.63) is 24.3 Å². The zero-order valence-electron chi connectivity index (χ0n) is 15.7. The van der Waals surface area contributed by atoms with E-state index in [1.54, 1.807) is 18.2 Å². The summed E-state index contributed by atoms with van der Waals surface area (Å²) in [5.74, 6) is 2.04. The van der Waals surface area contributed by atoms with Crippen molar-refractivity contribution in [3.63, 3.8) is 0 Å². The molecule has 0 bridgehead atoms. The molecule has 2 fully saturated rings. The number of morpholine rings is 2. The Hall–Kier alpha value is -2.45. The van der Waals surface area contributed by atoms with E-state index >= 15 is 0 Å². The highest BCUT2D eigenvalue weighted by molar-refractivity contribution is 5.60. The molecule has 2 atom stereocenters. The molecule has 0 radical (unpaired) electrons. The summed E-state index contributed by atoms with van der Waals surface area (Å²) >= 11 is 0. The lowest BCUT2D eigenvalue weighted by Gasteiger charge is -2.36. The van der Waals surface area contributed by atoms with E-state index in [2.05, 4.69) is 28.6 Å². The highest BCUT2D eigenvalue weighted by Gasteiger charge is 2.26. The van der Waals surface area contributed by atoms with Crippen LogP contribution in [0.4, 0.5) is 11.9 Å². The Labute approximate surface area is 158 Å². The fourth-order valence-corrected chi connectivity index (χ4v) is 3.52. The number of ether oxygens (including phenoxy) is 2. The van der Waals surface area contributed by atoms with Gasteiger partial charge in [-0.2, -0.15) is 15.0 Å². The molecule has 0 spiro atoms. The number of nitrogens with zero attached hydrogens (tertiary/aromatic N) is 5. The highest BCUT2D eigenvalue weighted by atomic mass is 16.5. The van der Waals surface area contributed by atoms with E-state index in [-0.39, 0.29) is 18.0 Å². The third-order valence-corrected chi connectivity index (χ3v) is 4.71. The molecule has 8 nitrogen and oxygen atoms in total. The summed E-state index contributed by atoms with van der Waals surface area (Å²) in [6.45, 7) is 8.40. The Bertz CT molecular complexity index is 787. The Morgan fingerprint density at radius 1 is 0.963 bits per heavy atom. The monoisotopic (exact) mass is 371 g/mol. The van der Waals surface area contributed by atoms with Gasteiger partial charge in [-0.3, -0.25) is 0 Å². The lowest BCUT2D eigenvalue weighted by atomic mass is 10.2. The van der Waals surface area contributed by atoms with Crippen LogP contribution in [0, 0.1) is 0 Å². The highest BCUT2D eigenvalue weighted by Crippen LogP contribution is 2.26. The predicted molar refractivity (Wildman–Crippen MR) is 102 cm³/mol. The summed E-state index contributed by atoms with van der Waals surface area (Å²) in [4.78, 5) is 18.4. The van der Waals surface area contributed by atoms with Gasteiger partial charge in [0.1, 0.15) is 5.75 Å². The first-order valence-corrected chi connectivity index (χ1v) is 9.37. The van der Waals surface area contributed by atoms with Crippen LogP contribution in [0.5, 0.6) is 5.75 Å². The van der Waals surface area contributed by atoms with Crippen LogP contribution in [-0.2, 0) is 9.47 Å². The molecule has 0 amide bonds. The number of hydrogen-bond acceptors (Lipinski definition) is 8. The van der Waals surface area contributed by atoms with Crippen molar-refractivity contribution in [2.75, 3.05) is 49.2 Å². The lowest BCUT2D eigenvalue weighted by Crippen LogP contribution is -2.46. The van der Waals surface area contributed by atoms with E-state index in [0.717, 1.165) is 31.7 Å². The number of phenolic OH excluding ortho intramolecular Hbond substituents is 1. The van der Waals surface area contributed by atoms with Crippen LogP contribution in [0.25, 0.3) is 11.4 Å². The first-order valence-electron chi connectivity index (χ1n) is 9.37. The Kier molecular flexibility index (Phi) is 5.09. The third-order valence-electron chi connectivity index (χ3n) is 4.71. The number of aromatic nitrogens is 3. The van der Waals surface area contributed by atoms with E-state index in [4.69, 9.17) is 19.4 Å². The van der Waals surface area contributed by atoms with Gasteiger partial charge in [0.2, 0.25) is 11.9 Å². The minimum absolute atomic E-state index is 0.113. The number of benzene rings is 1. The number of hydrogen-bond donors (Lipinski definition) is 1. The first kappa shape index (κ1) is 17.9. The molecule has 27 heavy (non-hydrogen) atoms. The normalized spacial score (nSPS) is 23.5. The van der Waals surface area contributed by atoms with Gasteiger partial charge in [-0.15, -0.1) is 0 Å². The van der Waals surface area contributed by atoms with Gasteiger partial charge >= 0.3 is 0 Å². The Morgan fingerprint density at radius 3 is 2.30 bits per heavy atom. The average molecular weight is 371 g/mol. The molecule has 1 N–H and O–H groups in total. The second-order valence-corrected chi connectivity index (χ2v) is 7.07. The van der Waals surface area contributed by atoms with Gasteiger partial charge in [-0.25, -0.2) is 0 Å². The minimum Gasteiger partial charge on any atom is -0.508 e. The first-order chi connectivity index (χ1) is 13.1. The van der Waals surface area contributed by atoms with Gasteiger partial charge in [0.15, 0.2) is 5.82 Å². The van der Waals surface area contributed by atoms with Gasteiger partial charge < -0.3 is 24.4 Å². The molecule has 2 saturated heterocycles. The summed E-state index contributed by atoms with van der Waals surface area (Å²) < 4.78 is 11.3. The largest absolute Gasteiger partial charge is 0.508 e. The molecule has 0 saturated carbocycles. The maximum absolute atomic E-state index is 9.85. The van der Waals surface area contributed by atoms with E-state index in [1.807, 2.05) is 6.07 Å². The van der Waals surface area contributed by atoms with E-state index in [9.17, 15) is 5.11 Å². The lowest BCUT2D eigenvalue weighted by molar-refractivity contribution is -0.00572. The van der Waals surface area contributed by atoms with E-state index in [1.165, 1.54) is 0 Å². The molecule has 8 heteroatoms. The second kappa shape index (κ2) is 7.66. The number of phenols is 1. The van der Waals surface area contributed by atoms with Crippen molar-refractivity contribution < 1.29 is 14.6 Å². The number of anilines is 2. The molecular formula is C19H25N5O3. The SMILES string of the molecule is CC1CN(c2nc(-c3cccc(O)c3)nc(N3CCOCC3)n2)CC(C)O1. The molecule has 0 aliphatic carbocycles. The standard InChI is InChI=1S/C19H25N5O3/c1-13-11-24(12-14(2)27-13)19-21-17(15-4-3-5-16(25)10-15)20-18(22-19)23-6-8-26-9-7-23/h3-5,10,13-14,25H,6-9,11-12H2,1-2H3. The zero-order valence-corrected chi connectivity index (χ0v) is 15.7. The molecule has 1 aromatic carbocycles. The zero-order chi connectivity index (χ0) is 18.8. The van der Waals surface area contributed by atoms with Gasteiger partial charge in [-0.05, 0) is 26.0 Å². The molecule has 2 aromatic rings. The molecule has 144 valence electrons. The van der Waals surface area contributed by atoms with Crippen LogP contribution >= 0.6 is 0 Å². The van der Waals surface area contributed by atoms with Gasteiger partial charge in [0.25, 0.3) is 0 Å². The smallest absolute Gasteiger partial charge is 0.230 e. The van der Waals surface area contributed by atoms with Crippen molar-refractivity contribution >= 4 is 11.9 Å². The second-order valence-electron chi connectivity index (χ2n) is 7.07. The number of rotatable bonds is 3. The topological polar surface area (TPSA) is 83.8 Å². The van der Waals surface area contributed by atoms with E-state index < -0.39 is 0 Å². The van der Waals surface area contributed by atoms with Crippen LogP contribution in [-0.4, -0.2) is 71.7 Å². The maximum atomic E-state index is 9.85. The van der Waals surface area contributed by atoms with Crippen molar-refractivity contribution in [1.82, 2.24) is 15.0 Å². The maximum Gasteiger partial charge on any atom is 0.230 e. The van der Waals surface area contributed by atoms with Crippen LogP contribution in [0.2, 0.25) is 0 Å². The summed E-state index contributed by atoms with van der Waals surface area (Å²) in [7, 11) is 0. The molecule has 2 aliphatic rings. The summed E-state index contributed by atoms with van der Waals surface area (Å²) in [6, 6.07) is 7.00. The molecule has 3 heterocycles. The molecule has 2 unspecified atom stereocenters. The molecule has 2 aliphatic heterocycles. The molecule has 1 aromatic heterocycles. The predicted octanol–water partition coefficient (Wildman–Crippen LogP) is 1.69. The molecule has 4 rings (SSSR count). The van der Waals surface area contributed by atoms with Crippen LogP contribution in [0.15, 0.2) is 24.3 Å². The third kappa shape index (κ3) is 4.12. The summed E-state index contributed by atoms with van der Waals surface area (Å²) in [5.41, 5.74) is 0.766. The van der Waals surface area contributed by atoms with Gasteiger partial charge in [0, 0.05) is 31.7 Å². The quantitative estimate of drug-likeness (QED) is 0.873. The van der Waals surface area contributed by atoms with Crippen molar-refractivity contribution in [3.8, 4) is 17.1 Å². The average Bonchev–Trinajstić information content (AvgIpc) is 2.67. The van der Waals surface area contributed by atoms with Gasteiger partial charge in [0.05, 0.1) is 25.4 Å². The van der Waals surface area contributed by atoms with Crippen molar-refractivity contribution in [2.45, 2.75) is 26.1 Å². The molecular weight excluding hydrogens is 346 g/mol. The van der Waals surface area contributed by atoms with Crippen molar-refractivity contribution in [2.24, 2.45) is 0 Å². The van der Waals surface area contributed by atoms with Crippen LogP contribution < -0.4 is 9.80 Å². The fraction of sp³-hybridized carbons (Fsp3) is 0.526. The van der Waals surface area contributed by atoms with Crippen molar-refractivity contribution in [1.29, 1.82) is 0 Å².